The summed E-state index contributed by atoms with van der Waals surface area (Å²) in [5.74, 6) is -0.565. The number of nitrogens with zero attached hydrogens (tertiary/aromatic N) is 2. The van der Waals surface area contributed by atoms with E-state index in [0.29, 0.717) is 42.0 Å². The normalized spacial score (nSPS) is 21.7. The molecule has 1 amide bonds. The number of carboxylic acid groups (broad SMARTS) is 1. The minimum Gasteiger partial charge on any atom is -0.490 e. The van der Waals surface area contributed by atoms with Crippen molar-refractivity contribution in [2.75, 3.05) is 5.32 Å². The Labute approximate surface area is 185 Å². The Balaban J connectivity index is 1.24. The van der Waals surface area contributed by atoms with Crippen LogP contribution in [0.1, 0.15) is 66.7 Å². The number of carboxylic acids is 1. The summed E-state index contributed by atoms with van der Waals surface area (Å²) in [5, 5.41) is 21.2. The number of benzene rings is 1. The fraction of sp³-hybridized carbons (Fsp3) is 0.545. The molecule has 0 saturated heterocycles. The maximum Gasteiger partial charge on any atom is 0.306 e. The van der Waals surface area contributed by atoms with E-state index < -0.39 is 5.97 Å². The van der Waals surface area contributed by atoms with Gasteiger partial charge in [-0.25, -0.2) is 0 Å². The van der Waals surface area contributed by atoms with E-state index in [1.165, 1.54) is 24.2 Å². The number of carbonyl (C=O) groups is 2. The monoisotopic (exact) mass is 445 g/mol. The summed E-state index contributed by atoms with van der Waals surface area (Å²) in [6.07, 6.45) is 7.70. The van der Waals surface area contributed by atoms with Crippen LogP contribution in [0.3, 0.4) is 0 Å². The van der Waals surface area contributed by atoms with Crippen molar-refractivity contribution in [2.24, 2.45) is 5.92 Å². The summed E-state index contributed by atoms with van der Waals surface area (Å²) >= 11 is 1.32. The summed E-state index contributed by atoms with van der Waals surface area (Å²) in [6.45, 7) is 0.429. The number of hydrogen-bond donors (Lipinski definition) is 2. The Kier molecular flexibility index (Phi) is 7.14. The number of aromatic nitrogens is 2. The van der Waals surface area contributed by atoms with Crippen LogP contribution >= 0.6 is 11.3 Å². The van der Waals surface area contributed by atoms with Crippen LogP contribution in [0, 0.1) is 5.92 Å². The van der Waals surface area contributed by atoms with Crippen molar-refractivity contribution in [1.82, 2.24) is 10.2 Å². The first kappa shape index (κ1) is 21.7. The fourth-order valence-electron chi connectivity index (χ4n) is 4.08. The van der Waals surface area contributed by atoms with Gasteiger partial charge in [0.1, 0.15) is 17.4 Å². The second-order valence-corrected chi connectivity index (χ2v) is 9.19. The number of amides is 1. The van der Waals surface area contributed by atoms with Crippen molar-refractivity contribution >= 4 is 28.3 Å². The summed E-state index contributed by atoms with van der Waals surface area (Å²) < 4.78 is 11.8. The maximum atomic E-state index is 12.5. The predicted octanol–water partition coefficient (Wildman–Crippen LogP) is 4.27. The lowest BCUT2D eigenvalue weighted by molar-refractivity contribution is -0.143. The average molecular weight is 446 g/mol. The Bertz CT molecular complexity index is 887. The Morgan fingerprint density at radius 2 is 1.71 bits per heavy atom. The molecule has 0 bridgehead atoms. The largest absolute Gasteiger partial charge is 0.490 e. The van der Waals surface area contributed by atoms with Gasteiger partial charge in [-0.3, -0.25) is 14.9 Å². The first-order valence-corrected chi connectivity index (χ1v) is 11.6. The molecular formula is C22H27N3O5S. The van der Waals surface area contributed by atoms with E-state index in [9.17, 15) is 9.59 Å². The number of aliphatic carboxylic acids is 1. The Hall–Kier alpha value is -2.52. The Morgan fingerprint density at radius 3 is 2.39 bits per heavy atom. The molecule has 9 heteroatoms. The van der Waals surface area contributed by atoms with Crippen LogP contribution in [0.4, 0.5) is 5.13 Å². The zero-order valence-electron chi connectivity index (χ0n) is 17.3. The molecule has 8 nitrogen and oxygen atoms in total. The predicted molar refractivity (Wildman–Crippen MR) is 115 cm³/mol. The fourth-order valence-corrected chi connectivity index (χ4v) is 4.74. The van der Waals surface area contributed by atoms with Crippen LogP contribution in [0.15, 0.2) is 24.3 Å². The molecule has 0 aliphatic heterocycles. The van der Waals surface area contributed by atoms with E-state index in [1.54, 1.807) is 24.3 Å². The van der Waals surface area contributed by atoms with E-state index in [2.05, 4.69) is 15.5 Å². The van der Waals surface area contributed by atoms with E-state index in [0.717, 1.165) is 30.7 Å². The topological polar surface area (TPSA) is 111 Å². The number of anilines is 1. The van der Waals surface area contributed by atoms with Gasteiger partial charge in [-0.1, -0.05) is 24.2 Å². The van der Waals surface area contributed by atoms with Gasteiger partial charge < -0.3 is 14.6 Å². The highest BCUT2D eigenvalue weighted by Gasteiger charge is 2.27. The van der Waals surface area contributed by atoms with Gasteiger partial charge in [0, 0.05) is 5.56 Å². The highest BCUT2D eigenvalue weighted by Crippen LogP contribution is 2.28. The van der Waals surface area contributed by atoms with E-state index in [4.69, 9.17) is 14.6 Å². The van der Waals surface area contributed by atoms with E-state index in [1.807, 2.05) is 0 Å². The SMILES string of the molecule is O=C(Nc1nnc(COC2CCCC2)s1)c1ccc(OC2CCC(C(=O)O)CC2)cc1. The summed E-state index contributed by atoms with van der Waals surface area (Å²) in [7, 11) is 0. The standard InChI is InChI=1S/C22H27N3O5S/c26-20(23-22-25-24-19(31-22)13-29-16-3-1-2-4-16)14-5-9-17(10-6-14)30-18-11-7-15(8-12-18)21(27)28/h5-6,9-10,15-16,18H,1-4,7-8,11-13H2,(H,27,28)(H,23,25,26). The second kappa shape index (κ2) is 10.2. The molecule has 0 spiro atoms. The molecule has 4 rings (SSSR count). The lowest BCUT2D eigenvalue weighted by atomic mass is 9.87. The van der Waals surface area contributed by atoms with Crippen LogP contribution in [0.2, 0.25) is 0 Å². The molecule has 1 aromatic heterocycles. The lowest BCUT2D eigenvalue weighted by Gasteiger charge is -2.26. The van der Waals surface area contributed by atoms with Crippen LogP contribution in [-0.2, 0) is 16.1 Å². The van der Waals surface area contributed by atoms with E-state index in [-0.39, 0.29) is 17.9 Å². The third-order valence-electron chi connectivity index (χ3n) is 5.87. The minimum absolute atomic E-state index is 0.0153. The second-order valence-electron chi connectivity index (χ2n) is 8.13. The highest BCUT2D eigenvalue weighted by molar-refractivity contribution is 7.15. The molecule has 2 saturated carbocycles. The highest BCUT2D eigenvalue weighted by atomic mass is 32.1. The third kappa shape index (κ3) is 6.01. The molecule has 2 aliphatic rings. The smallest absolute Gasteiger partial charge is 0.306 e. The number of hydrogen-bond acceptors (Lipinski definition) is 7. The van der Waals surface area contributed by atoms with Gasteiger partial charge in [-0.2, -0.15) is 0 Å². The molecule has 2 fully saturated rings. The molecule has 2 N–H and O–H groups in total. The van der Waals surface area contributed by atoms with Crippen LogP contribution in [-0.4, -0.2) is 39.4 Å². The molecule has 0 unspecified atom stereocenters. The van der Waals surface area contributed by atoms with Gasteiger partial charge >= 0.3 is 5.97 Å². The quantitative estimate of drug-likeness (QED) is 0.624. The number of rotatable bonds is 8. The zero-order chi connectivity index (χ0) is 21.6. The van der Waals surface area contributed by atoms with Crippen molar-refractivity contribution in [3.8, 4) is 5.75 Å². The van der Waals surface area contributed by atoms with Gasteiger partial charge in [-0.05, 0) is 62.8 Å². The maximum absolute atomic E-state index is 12.5. The van der Waals surface area contributed by atoms with Crippen LogP contribution in [0.25, 0.3) is 0 Å². The van der Waals surface area contributed by atoms with Gasteiger partial charge in [0.15, 0.2) is 0 Å². The lowest BCUT2D eigenvalue weighted by Crippen LogP contribution is -2.27. The molecule has 1 aromatic carbocycles. The molecule has 0 radical (unpaired) electrons. The minimum atomic E-state index is -0.724. The number of ether oxygens (including phenoxy) is 2. The van der Waals surface area contributed by atoms with Crippen LogP contribution < -0.4 is 10.1 Å². The number of carbonyl (C=O) groups excluding carboxylic acids is 1. The van der Waals surface area contributed by atoms with Gasteiger partial charge in [-0.15, -0.1) is 10.2 Å². The van der Waals surface area contributed by atoms with Crippen LogP contribution in [0.5, 0.6) is 5.75 Å². The van der Waals surface area contributed by atoms with Crippen molar-refractivity contribution < 1.29 is 24.2 Å². The first-order valence-electron chi connectivity index (χ1n) is 10.8. The van der Waals surface area contributed by atoms with Gasteiger partial charge in [0.25, 0.3) is 5.91 Å². The van der Waals surface area contributed by atoms with Crippen molar-refractivity contribution in [1.29, 1.82) is 0 Å². The summed E-state index contributed by atoms with van der Waals surface area (Å²) in [5.41, 5.74) is 0.501. The molecule has 31 heavy (non-hydrogen) atoms. The molecule has 166 valence electrons. The van der Waals surface area contributed by atoms with Crippen molar-refractivity contribution in [3.63, 3.8) is 0 Å². The number of nitrogens with one attached hydrogen (secondary N) is 1. The van der Waals surface area contributed by atoms with E-state index >= 15 is 0 Å². The molecule has 0 atom stereocenters. The molecule has 2 aliphatic carbocycles. The Morgan fingerprint density at radius 1 is 1.00 bits per heavy atom. The first-order chi connectivity index (χ1) is 15.1. The summed E-state index contributed by atoms with van der Waals surface area (Å²) in [4.78, 5) is 23.5. The van der Waals surface area contributed by atoms with Crippen molar-refractivity contribution in [2.45, 2.75) is 70.2 Å². The van der Waals surface area contributed by atoms with Gasteiger partial charge in [0.05, 0.1) is 18.1 Å². The molecular weight excluding hydrogens is 418 g/mol. The van der Waals surface area contributed by atoms with Gasteiger partial charge in [0.2, 0.25) is 5.13 Å². The molecule has 2 aromatic rings. The van der Waals surface area contributed by atoms with Crippen molar-refractivity contribution in [3.05, 3.63) is 34.8 Å². The summed E-state index contributed by atoms with van der Waals surface area (Å²) in [6, 6.07) is 6.94. The third-order valence-corrected chi connectivity index (χ3v) is 6.69. The molecule has 1 heterocycles. The zero-order valence-corrected chi connectivity index (χ0v) is 18.1. The average Bonchev–Trinajstić information content (AvgIpc) is 3.45.